The summed E-state index contributed by atoms with van der Waals surface area (Å²) < 4.78 is 24.8. The Balaban J connectivity index is 0.987. The minimum atomic E-state index is -1.36. The lowest BCUT2D eigenvalue weighted by atomic mass is 10.1. The number of carboxylic acid groups (broad SMARTS) is 8. The van der Waals surface area contributed by atoms with Gasteiger partial charge in [0.1, 0.15) is 66.5 Å². The lowest BCUT2D eigenvalue weighted by Gasteiger charge is -2.10. The second-order valence-corrected chi connectivity index (χ2v) is 21.7. The number of fused-ring (bicyclic) bond motifs is 20. The number of aromatic amines is 2. The third-order valence-electron chi connectivity index (χ3n) is 15.3. The van der Waals surface area contributed by atoms with Crippen molar-refractivity contribution in [3.63, 3.8) is 0 Å². The van der Waals surface area contributed by atoms with Crippen LogP contribution >= 0.6 is 0 Å². The molecule has 474 valence electrons. The number of carboxylic acids is 8. The zero-order valence-electron chi connectivity index (χ0n) is 48.8. The number of H-pyrrole nitrogens is 2. The van der Waals surface area contributed by atoms with E-state index in [4.69, 9.17) is 48.9 Å². The van der Waals surface area contributed by atoms with Crippen LogP contribution in [0.1, 0.15) is 105 Å². The predicted molar refractivity (Wildman–Crippen MR) is 333 cm³/mol. The van der Waals surface area contributed by atoms with Crippen LogP contribution in [0.2, 0.25) is 0 Å². The zero-order valence-corrected chi connectivity index (χ0v) is 48.8. The van der Waals surface area contributed by atoms with E-state index in [1.807, 2.05) is 0 Å². The van der Waals surface area contributed by atoms with Crippen molar-refractivity contribution in [2.75, 3.05) is 0 Å². The number of nitrogens with zero attached hydrogens (tertiary/aromatic N) is 6. The van der Waals surface area contributed by atoms with E-state index in [1.165, 1.54) is 48.5 Å². The number of benzene rings is 8. The molecule has 96 heavy (non-hydrogen) atoms. The van der Waals surface area contributed by atoms with Crippen molar-refractivity contribution in [1.82, 2.24) is 39.9 Å². The van der Waals surface area contributed by atoms with Crippen molar-refractivity contribution in [2.24, 2.45) is 0 Å². The first kappa shape index (κ1) is 61.0. The Labute approximate surface area is 535 Å². The molecular formula is C68H42N8O20. The third-order valence-corrected chi connectivity index (χ3v) is 15.3. The van der Waals surface area contributed by atoms with Gasteiger partial charge < -0.3 is 69.8 Å². The van der Waals surface area contributed by atoms with Gasteiger partial charge in [-0.3, -0.25) is 0 Å². The summed E-state index contributed by atoms with van der Waals surface area (Å²) in [5, 5.41) is 79.1. The number of ether oxygens (including phenoxy) is 4. The fraction of sp³-hybridized carbons (Fsp3) is 0.0588. The van der Waals surface area contributed by atoms with Gasteiger partial charge in [0, 0.05) is 44.2 Å². The van der Waals surface area contributed by atoms with Crippen LogP contribution in [0.15, 0.2) is 146 Å². The highest BCUT2D eigenvalue weighted by atomic mass is 16.5. The fourth-order valence-corrected chi connectivity index (χ4v) is 10.8. The van der Waals surface area contributed by atoms with Gasteiger partial charge in [0.15, 0.2) is 29.1 Å². The maximum atomic E-state index is 12.0. The molecule has 0 fully saturated rings. The molecule has 10 aromatic rings. The molecular weight excluding hydrogens is 1250 g/mol. The van der Waals surface area contributed by atoms with E-state index in [2.05, 4.69) is 9.97 Å². The van der Waals surface area contributed by atoms with E-state index in [0.717, 1.165) is 24.3 Å². The molecule has 0 unspecified atom stereocenters. The largest absolute Gasteiger partial charge is 0.489 e. The van der Waals surface area contributed by atoms with Gasteiger partial charge in [-0.05, 0) is 168 Å². The second-order valence-electron chi connectivity index (χ2n) is 21.7. The summed E-state index contributed by atoms with van der Waals surface area (Å²) in [6.45, 7) is -1.10. The number of aromatic carboxylic acids is 8. The number of hydrogen-bond acceptors (Lipinski definition) is 18. The van der Waals surface area contributed by atoms with Gasteiger partial charge >= 0.3 is 47.8 Å². The summed E-state index contributed by atoms with van der Waals surface area (Å²) in [5.74, 6) is -9.42. The van der Waals surface area contributed by atoms with Gasteiger partial charge in [-0.15, -0.1) is 0 Å². The normalized spacial score (nSPS) is 11.3. The quantitative estimate of drug-likeness (QED) is 0.0339. The molecule has 8 aromatic carbocycles. The molecule has 28 heteroatoms. The summed E-state index contributed by atoms with van der Waals surface area (Å²) in [5.41, 5.74) is 1.54. The van der Waals surface area contributed by atoms with Gasteiger partial charge in [-0.1, -0.05) is 0 Å². The van der Waals surface area contributed by atoms with Crippen molar-refractivity contribution in [3.8, 4) is 91.3 Å². The Hall–Kier alpha value is -13.9. The summed E-state index contributed by atoms with van der Waals surface area (Å²) in [4.78, 5) is 133. The SMILES string of the molecule is O=C(O)c1cc(COc2ccc3c(c2)-c2nc4nc(nc5[nH]c([nH]c6nc(nc-3n2)-c2cc(OCc3cc(C(=O)O)cc(C(=O)O)c3)ccc2-6)c2cc(OCc3cc(C(=O)O)cc(C(=O)O)c3)ccc52)-c2cc(OCc3cc(C(=O)O)cc(C(=O)O)c3)ccc2-4)cc(C(=O)O)c1. The van der Waals surface area contributed by atoms with Crippen LogP contribution in [-0.2, 0) is 26.4 Å². The van der Waals surface area contributed by atoms with Crippen LogP contribution in [0.4, 0.5) is 0 Å². The van der Waals surface area contributed by atoms with Gasteiger partial charge in [-0.25, -0.2) is 68.3 Å². The summed E-state index contributed by atoms with van der Waals surface area (Å²) in [6, 6.07) is 33.9. The topological polar surface area (TPSA) is 444 Å². The molecule has 0 saturated carbocycles. The molecule has 28 nitrogen and oxygen atoms in total. The first-order chi connectivity index (χ1) is 46.0. The number of nitrogens with one attached hydrogen (secondary N) is 2. The predicted octanol–water partition coefficient (Wildman–Crippen LogP) is 10.7. The average Bonchev–Trinajstić information content (AvgIpc) is 1.60. The maximum Gasteiger partial charge on any atom is 0.335 e. The Bertz CT molecular complexity index is 5200. The number of carbonyl (C=O) groups is 8. The summed E-state index contributed by atoms with van der Waals surface area (Å²) in [7, 11) is 0. The average molecular weight is 1290 g/mol. The number of aromatic nitrogens is 8. The smallest absolute Gasteiger partial charge is 0.335 e. The Morgan fingerprint density at radius 1 is 0.281 bits per heavy atom. The first-order valence-corrected chi connectivity index (χ1v) is 28.4. The Morgan fingerprint density at radius 2 is 0.562 bits per heavy atom. The van der Waals surface area contributed by atoms with Crippen LogP contribution in [-0.4, -0.2) is 128 Å². The first-order valence-electron chi connectivity index (χ1n) is 28.4. The number of rotatable bonds is 20. The Morgan fingerprint density at radius 3 is 0.906 bits per heavy atom. The van der Waals surface area contributed by atoms with Crippen molar-refractivity contribution in [1.29, 1.82) is 0 Å². The highest BCUT2D eigenvalue weighted by Crippen LogP contribution is 2.43. The molecule has 2 aromatic heterocycles. The fourth-order valence-electron chi connectivity index (χ4n) is 10.8. The van der Waals surface area contributed by atoms with Crippen molar-refractivity contribution < 1.29 is 98.2 Å². The van der Waals surface area contributed by atoms with Gasteiger partial charge in [0.05, 0.1) is 44.5 Å². The molecule has 0 atom stereocenters. The van der Waals surface area contributed by atoms with Gasteiger partial charge in [-0.2, -0.15) is 0 Å². The molecule has 5 heterocycles. The van der Waals surface area contributed by atoms with Gasteiger partial charge in [0.2, 0.25) is 0 Å². The lowest BCUT2D eigenvalue weighted by Crippen LogP contribution is -2.06. The molecule has 0 spiro atoms. The highest BCUT2D eigenvalue weighted by Gasteiger charge is 2.28. The minimum Gasteiger partial charge on any atom is -0.489 e. The molecule has 0 aliphatic carbocycles. The van der Waals surface area contributed by atoms with Crippen LogP contribution in [0.25, 0.3) is 90.4 Å². The second kappa shape index (κ2) is 24.4. The third kappa shape index (κ3) is 12.3. The van der Waals surface area contributed by atoms with Gasteiger partial charge in [0.25, 0.3) is 0 Å². The summed E-state index contributed by atoms with van der Waals surface area (Å²) in [6.07, 6.45) is 0. The zero-order chi connectivity index (χ0) is 67.4. The van der Waals surface area contributed by atoms with E-state index in [0.29, 0.717) is 44.2 Å². The molecule has 13 rings (SSSR count). The highest BCUT2D eigenvalue weighted by molar-refractivity contribution is 6.06. The van der Waals surface area contributed by atoms with Crippen LogP contribution in [0, 0.1) is 0 Å². The van der Waals surface area contributed by atoms with E-state index >= 15 is 0 Å². The van der Waals surface area contributed by atoms with Crippen molar-refractivity contribution in [2.45, 2.75) is 26.4 Å². The molecule has 0 radical (unpaired) electrons. The van der Waals surface area contributed by atoms with Crippen molar-refractivity contribution in [3.05, 3.63) is 212 Å². The van der Waals surface area contributed by atoms with E-state index in [9.17, 15) is 79.2 Å². The van der Waals surface area contributed by atoms with Crippen LogP contribution < -0.4 is 18.9 Å². The molecule has 0 amide bonds. The van der Waals surface area contributed by atoms with E-state index in [1.54, 1.807) is 72.8 Å². The minimum absolute atomic E-state index is 0.0396. The molecule has 0 saturated heterocycles. The molecule has 3 aliphatic rings. The lowest BCUT2D eigenvalue weighted by molar-refractivity contribution is 0.0676. The maximum absolute atomic E-state index is 12.0. The Kier molecular flexibility index (Phi) is 15.5. The van der Waals surface area contributed by atoms with Crippen molar-refractivity contribution >= 4 is 69.8 Å². The van der Waals surface area contributed by atoms with E-state index < -0.39 is 47.8 Å². The summed E-state index contributed by atoms with van der Waals surface area (Å²) >= 11 is 0. The van der Waals surface area contributed by atoms with Crippen LogP contribution in [0.3, 0.4) is 0 Å². The van der Waals surface area contributed by atoms with E-state index in [-0.39, 0.29) is 162 Å². The molecule has 3 aliphatic heterocycles. The number of hydrogen-bond donors (Lipinski definition) is 10. The monoisotopic (exact) mass is 1290 g/mol. The molecule has 10 N–H and O–H groups in total. The molecule has 8 bridgehead atoms. The standard InChI is InChI=1S/C68H42N8O20/c77-61(78)33-9-29(10-34(17-33)62(79)80)25-93-41-1-5-45-49(21-41)57-69-53(45)73-58-50-22-42(94-26-30-11-35(63(81)82)18-36(12-30)64(83)84)2-6-46(50)55(70-58)75-60-52-24-44(96-28-32-15-39(67(89)90)20-40(16-32)68(91)92)4-8-48(52)56(72-60)76-59-51-23-43(3-7-47(51)54(71-59)74-57)95-27-31-13-37(65(85)86)19-38(14-31)66(87)88/h1-24H,25-28H2,(H,77,78)(H,79,80)(H,81,82)(H,83,84)(H,85,86)(H,87,88)(H,89,90)(H,91,92)(H2,69,70,71,72,73,74,75,76). The van der Waals surface area contributed by atoms with Crippen LogP contribution in [0.5, 0.6) is 23.0 Å².